The van der Waals surface area contributed by atoms with Crippen LogP contribution in [0.3, 0.4) is 0 Å². The van der Waals surface area contributed by atoms with E-state index in [4.69, 9.17) is 4.42 Å². The molecule has 15 heavy (non-hydrogen) atoms. The number of likely N-dealkylation sites (N-methyl/N-ethyl adjacent to an activating group) is 1. The van der Waals surface area contributed by atoms with Crippen molar-refractivity contribution in [3.8, 4) is 0 Å². The molecule has 0 spiro atoms. The zero-order valence-corrected chi connectivity index (χ0v) is 9.70. The predicted molar refractivity (Wildman–Crippen MR) is 60.6 cm³/mol. The van der Waals surface area contributed by atoms with Gasteiger partial charge < -0.3 is 14.6 Å². The Bertz CT molecular complexity index is 236. The van der Waals surface area contributed by atoms with Gasteiger partial charge in [0.2, 0.25) is 0 Å². The molecule has 4 heteroatoms. The number of aromatic nitrogens is 1. The summed E-state index contributed by atoms with van der Waals surface area (Å²) >= 11 is 0. The largest absolute Gasteiger partial charge is 0.447 e. The summed E-state index contributed by atoms with van der Waals surface area (Å²) in [7, 11) is 0. The van der Waals surface area contributed by atoms with E-state index in [0.717, 1.165) is 31.9 Å². The number of hydrogen-bond acceptors (Lipinski definition) is 4. The Labute approximate surface area is 91.7 Å². The lowest BCUT2D eigenvalue weighted by atomic mass is 10.4. The Balaban J connectivity index is 2.05. The Kier molecular flexibility index (Phi) is 6.04. The van der Waals surface area contributed by atoms with Crippen LogP contribution in [-0.4, -0.2) is 36.1 Å². The molecule has 0 aromatic carbocycles. The second-order valence-electron chi connectivity index (χ2n) is 3.58. The van der Waals surface area contributed by atoms with E-state index in [0.29, 0.717) is 0 Å². The zero-order chi connectivity index (χ0) is 10.9. The Morgan fingerprint density at radius 2 is 2.27 bits per heavy atom. The summed E-state index contributed by atoms with van der Waals surface area (Å²) in [5.74, 6) is 0.897. The molecule has 1 aromatic rings. The molecule has 1 aromatic heterocycles. The molecule has 1 N–H and O–H groups in total. The molecule has 0 bridgehead atoms. The van der Waals surface area contributed by atoms with Crippen molar-refractivity contribution in [2.45, 2.75) is 26.8 Å². The van der Waals surface area contributed by atoms with Crippen molar-refractivity contribution in [1.82, 2.24) is 15.2 Å². The Morgan fingerprint density at radius 3 is 2.87 bits per heavy atom. The highest BCUT2D eigenvalue weighted by Gasteiger charge is 2.00. The van der Waals surface area contributed by atoms with E-state index in [9.17, 15) is 0 Å². The van der Waals surface area contributed by atoms with Gasteiger partial charge >= 0.3 is 0 Å². The van der Waals surface area contributed by atoms with Crippen molar-refractivity contribution in [3.05, 3.63) is 18.4 Å². The minimum Gasteiger partial charge on any atom is -0.447 e. The molecular formula is C11H21N3O. The first-order valence-electron chi connectivity index (χ1n) is 5.67. The molecule has 0 amide bonds. The predicted octanol–water partition coefficient (Wildman–Crippen LogP) is 1.50. The van der Waals surface area contributed by atoms with Crippen LogP contribution in [0.15, 0.2) is 17.0 Å². The molecule has 0 radical (unpaired) electrons. The second-order valence-corrected chi connectivity index (χ2v) is 3.58. The lowest BCUT2D eigenvalue weighted by Crippen LogP contribution is -2.32. The van der Waals surface area contributed by atoms with Crippen LogP contribution in [0.4, 0.5) is 0 Å². The normalized spacial score (nSPS) is 11.1. The average Bonchev–Trinajstić information content (AvgIpc) is 2.75. The Morgan fingerprint density at radius 1 is 1.40 bits per heavy atom. The van der Waals surface area contributed by atoms with Crippen LogP contribution in [0.5, 0.6) is 0 Å². The lowest BCUT2D eigenvalue weighted by Gasteiger charge is -2.19. The molecule has 86 valence electrons. The maximum atomic E-state index is 5.13. The second kappa shape index (κ2) is 7.43. The minimum atomic E-state index is 0.768. The highest BCUT2D eigenvalue weighted by molar-refractivity contribution is 4.86. The SMILES string of the molecule is CCCN(CC)CCNCc1cnco1. The summed E-state index contributed by atoms with van der Waals surface area (Å²) in [6.07, 6.45) is 4.43. The van der Waals surface area contributed by atoms with Gasteiger partial charge in [0, 0.05) is 13.1 Å². The summed E-state index contributed by atoms with van der Waals surface area (Å²) in [4.78, 5) is 6.30. The van der Waals surface area contributed by atoms with E-state index in [1.165, 1.54) is 19.4 Å². The zero-order valence-electron chi connectivity index (χ0n) is 9.70. The van der Waals surface area contributed by atoms with Gasteiger partial charge in [-0.15, -0.1) is 0 Å². The third-order valence-electron chi connectivity index (χ3n) is 2.37. The van der Waals surface area contributed by atoms with Gasteiger partial charge in [0.1, 0.15) is 5.76 Å². The van der Waals surface area contributed by atoms with E-state index in [2.05, 4.69) is 29.0 Å². The molecule has 1 heterocycles. The first kappa shape index (κ1) is 12.2. The summed E-state index contributed by atoms with van der Waals surface area (Å²) < 4.78 is 5.13. The monoisotopic (exact) mass is 211 g/mol. The van der Waals surface area contributed by atoms with Crippen LogP contribution in [0.2, 0.25) is 0 Å². The van der Waals surface area contributed by atoms with Gasteiger partial charge in [0.05, 0.1) is 12.7 Å². The molecule has 0 atom stereocenters. The smallest absolute Gasteiger partial charge is 0.180 e. The quantitative estimate of drug-likeness (QED) is 0.662. The van der Waals surface area contributed by atoms with Crippen molar-refractivity contribution >= 4 is 0 Å². The van der Waals surface area contributed by atoms with E-state index >= 15 is 0 Å². The van der Waals surface area contributed by atoms with Crippen molar-refractivity contribution < 1.29 is 4.42 Å². The number of nitrogens with one attached hydrogen (secondary N) is 1. The van der Waals surface area contributed by atoms with Gasteiger partial charge in [-0.3, -0.25) is 0 Å². The van der Waals surface area contributed by atoms with Gasteiger partial charge in [0.15, 0.2) is 6.39 Å². The fraction of sp³-hybridized carbons (Fsp3) is 0.727. The average molecular weight is 211 g/mol. The molecule has 0 saturated carbocycles. The summed E-state index contributed by atoms with van der Waals surface area (Å²) in [6.45, 7) is 9.58. The summed E-state index contributed by atoms with van der Waals surface area (Å²) in [5.41, 5.74) is 0. The molecular weight excluding hydrogens is 190 g/mol. The van der Waals surface area contributed by atoms with Gasteiger partial charge in [-0.2, -0.15) is 0 Å². The van der Waals surface area contributed by atoms with E-state index < -0.39 is 0 Å². The van der Waals surface area contributed by atoms with Gasteiger partial charge in [-0.05, 0) is 19.5 Å². The maximum absolute atomic E-state index is 5.13. The third kappa shape index (κ3) is 4.95. The van der Waals surface area contributed by atoms with Crippen molar-refractivity contribution in [2.24, 2.45) is 0 Å². The fourth-order valence-electron chi connectivity index (χ4n) is 1.52. The van der Waals surface area contributed by atoms with Gasteiger partial charge in [0.25, 0.3) is 0 Å². The van der Waals surface area contributed by atoms with Crippen molar-refractivity contribution in [1.29, 1.82) is 0 Å². The molecule has 0 aliphatic carbocycles. The molecule has 4 nitrogen and oxygen atoms in total. The molecule has 0 saturated heterocycles. The first-order chi connectivity index (χ1) is 7.36. The first-order valence-corrected chi connectivity index (χ1v) is 5.67. The minimum absolute atomic E-state index is 0.768. The van der Waals surface area contributed by atoms with E-state index in [-0.39, 0.29) is 0 Å². The molecule has 0 aliphatic heterocycles. The molecule has 0 aliphatic rings. The molecule has 1 rings (SSSR count). The number of rotatable bonds is 8. The van der Waals surface area contributed by atoms with Crippen molar-refractivity contribution in [2.75, 3.05) is 26.2 Å². The number of hydrogen-bond donors (Lipinski definition) is 1. The van der Waals surface area contributed by atoms with Crippen molar-refractivity contribution in [3.63, 3.8) is 0 Å². The summed E-state index contributed by atoms with van der Waals surface area (Å²) in [6, 6.07) is 0. The van der Waals surface area contributed by atoms with E-state index in [1.54, 1.807) is 6.20 Å². The summed E-state index contributed by atoms with van der Waals surface area (Å²) in [5, 5.41) is 3.34. The van der Waals surface area contributed by atoms with Crippen LogP contribution < -0.4 is 5.32 Å². The van der Waals surface area contributed by atoms with Gasteiger partial charge in [-0.1, -0.05) is 13.8 Å². The van der Waals surface area contributed by atoms with Crippen LogP contribution in [0.1, 0.15) is 26.0 Å². The lowest BCUT2D eigenvalue weighted by molar-refractivity contribution is 0.286. The maximum Gasteiger partial charge on any atom is 0.180 e. The topological polar surface area (TPSA) is 41.3 Å². The molecule has 0 fully saturated rings. The molecule has 0 unspecified atom stereocenters. The van der Waals surface area contributed by atoms with Crippen LogP contribution in [0, 0.1) is 0 Å². The standard InChI is InChI=1S/C11H21N3O/c1-3-6-14(4-2)7-5-12-8-11-9-13-10-15-11/h9-10,12H,3-8H2,1-2H3. The van der Waals surface area contributed by atoms with Gasteiger partial charge in [-0.25, -0.2) is 4.98 Å². The van der Waals surface area contributed by atoms with Crippen LogP contribution in [-0.2, 0) is 6.54 Å². The van der Waals surface area contributed by atoms with Crippen LogP contribution in [0.25, 0.3) is 0 Å². The highest BCUT2D eigenvalue weighted by Crippen LogP contribution is 1.95. The fourth-order valence-corrected chi connectivity index (χ4v) is 1.52. The third-order valence-corrected chi connectivity index (χ3v) is 2.37. The van der Waals surface area contributed by atoms with Crippen LogP contribution >= 0.6 is 0 Å². The number of nitrogens with zero attached hydrogens (tertiary/aromatic N) is 2. The Hall–Kier alpha value is -0.870. The highest BCUT2D eigenvalue weighted by atomic mass is 16.3. The van der Waals surface area contributed by atoms with E-state index in [1.807, 2.05) is 0 Å². The number of oxazole rings is 1.